The van der Waals surface area contributed by atoms with Crippen molar-refractivity contribution in [2.45, 2.75) is 0 Å². The van der Waals surface area contributed by atoms with E-state index in [0.29, 0.717) is 27.7 Å². The Kier molecular flexibility index (Phi) is 4.35. The predicted octanol–water partition coefficient (Wildman–Crippen LogP) is 4.30. The smallest absolute Gasteiger partial charge is 0.194 e. The maximum atomic E-state index is 13.3. The summed E-state index contributed by atoms with van der Waals surface area (Å²) in [7, 11) is 1.49. The SMILES string of the molecule is C=COc1ccc2c(=O)c3cc4cc5c(=O)c6ccc(OC)cc6c(=O)c5cc4cc3c(=O)c2c1. The summed E-state index contributed by atoms with van der Waals surface area (Å²) in [6.07, 6.45) is 1.24. The van der Waals surface area contributed by atoms with Crippen LogP contribution in [0.4, 0.5) is 0 Å². The molecule has 0 saturated carbocycles. The van der Waals surface area contributed by atoms with Crippen molar-refractivity contribution >= 4 is 53.9 Å². The Morgan fingerprint density at radius 2 is 0.914 bits per heavy atom. The first-order valence-corrected chi connectivity index (χ1v) is 10.8. The van der Waals surface area contributed by atoms with Crippen LogP contribution in [0.25, 0.3) is 53.9 Å². The molecule has 0 fully saturated rings. The second kappa shape index (κ2) is 7.33. The van der Waals surface area contributed by atoms with Gasteiger partial charge in [0.25, 0.3) is 0 Å². The van der Waals surface area contributed by atoms with Gasteiger partial charge in [-0.3, -0.25) is 19.2 Å². The fourth-order valence-electron chi connectivity index (χ4n) is 4.80. The van der Waals surface area contributed by atoms with Crippen LogP contribution in [0.5, 0.6) is 11.5 Å². The lowest BCUT2D eigenvalue weighted by molar-refractivity contribution is 0.415. The number of fused-ring (bicyclic) bond motifs is 5. The first-order valence-electron chi connectivity index (χ1n) is 10.8. The monoisotopic (exact) mass is 460 g/mol. The minimum Gasteiger partial charge on any atom is -0.497 e. The van der Waals surface area contributed by atoms with Gasteiger partial charge >= 0.3 is 0 Å². The summed E-state index contributed by atoms with van der Waals surface area (Å²) in [5, 5.41) is 3.29. The van der Waals surface area contributed by atoms with Crippen LogP contribution >= 0.6 is 0 Å². The van der Waals surface area contributed by atoms with Gasteiger partial charge in [0.1, 0.15) is 11.5 Å². The van der Waals surface area contributed by atoms with Gasteiger partial charge in [-0.25, -0.2) is 0 Å². The van der Waals surface area contributed by atoms with Crippen molar-refractivity contribution in [3.63, 3.8) is 0 Å². The molecule has 0 atom stereocenters. The second-order valence-corrected chi connectivity index (χ2v) is 8.36. The summed E-state index contributed by atoms with van der Waals surface area (Å²) in [6, 6.07) is 15.9. The number of hydrogen-bond donors (Lipinski definition) is 0. The summed E-state index contributed by atoms with van der Waals surface area (Å²) in [5.41, 5.74) is -1.19. The molecule has 35 heavy (non-hydrogen) atoms. The summed E-state index contributed by atoms with van der Waals surface area (Å²) >= 11 is 0. The quantitative estimate of drug-likeness (QED) is 0.289. The lowest BCUT2D eigenvalue weighted by Crippen LogP contribution is -2.14. The Hall–Kier alpha value is -4.84. The molecule has 0 unspecified atom stereocenters. The Balaban J connectivity index is 1.75. The molecule has 0 bridgehead atoms. The second-order valence-electron chi connectivity index (χ2n) is 8.36. The van der Waals surface area contributed by atoms with Gasteiger partial charge in [-0.2, -0.15) is 0 Å². The van der Waals surface area contributed by atoms with E-state index < -0.39 is 0 Å². The largest absolute Gasteiger partial charge is 0.497 e. The molecule has 0 amide bonds. The number of rotatable bonds is 3. The fraction of sp³-hybridized carbons (Fsp3) is 0.0345. The molecule has 6 nitrogen and oxygen atoms in total. The molecule has 168 valence electrons. The highest BCUT2D eigenvalue weighted by Gasteiger charge is 2.16. The highest BCUT2D eigenvalue weighted by Crippen LogP contribution is 2.27. The standard InChI is InChI=1S/C29H16O6/c1-3-35-17-5-7-19-25(13-17)29(33)23-11-15-10-22-20(8-14(15)9-21(23)27(19)31)26(30)18-6-4-16(34-2)12-24(18)28(22)32/h3-13H,1H2,2H3. The van der Waals surface area contributed by atoms with Crippen molar-refractivity contribution in [2.24, 2.45) is 0 Å². The van der Waals surface area contributed by atoms with E-state index in [9.17, 15) is 19.2 Å². The van der Waals surface area contributed by atoms with Gasteiger partial charge in [0, 0.05) is 43.1 Å². The molecule has 0 aliphatic carbocycles. The Morgan fingerprint density at radius 1 is 0.543 bits per heavy atom. The van der Waals surface area contributed by atoms with Crippen molar-refractivity contribution in [3.05, 3.63) is 114 Å². The molecule has 6 heteroatoms. The lowest BCUT2D eigenvalue weighted by atomic mass is 9.95. The van der Waals surface area contributed by atoms with Gasteiger partial charge < -0.3 is 9.47 Å². The molecule has 0 aliphatic rings. The van der Waals surface area contributed by atoms with Crippen LogP contribution in [-0.4, -0.2) is 7.11 Å². The van der Waals surface area contributed by atoms with Gasteiger partial charge in [0.2, 0.25) is 0 Å². The summed E-state index contributed by atoms with van der Waals surface area (Å²) in [5.74, 6) is 0.877. The van der Waals surface area contributed by atoms with Crippen LogP contribution in [-0.2, 0) is 0 Å². The average Bonchev–Trinajstić information content (AvgIpc) is 2.88. The maximum Gasteiger partial charge on any atom is 0.194 e. The van der Waals surface area contributed by atoms with Gasteiger partial charge in [-0.1, -0.05) is 6.58 Å². The molecule has 6 aromatic carbocycles. The third-order valence-corrected chi connectivity index (χ3v) is 6.51. The van der Waals surface area contributed by atoms with Crippen molar-refractivity contribution in [1.29, 1.82) is 0 Å². The molecular weight excluding hydrogens is 444 g/mol. The maximum absolute atomic E-state index is 13.3. The molecule has 0 heterocycles. The zero-order valence-corrected chi connectivity index (χ0v) is 18.5. The molecule has 0 radical (unpaired) electrons. The van der Waals surface area contributed by atoms with Crippen molar-refractivity contribution < 1.29 is 9.47 Å². The van der Waals surface area contributed by atoms with Crippen LogP contribution in [0.1, 0.15) is 0 Å². The number of methoxy groups -OCH3 is 1. The number of ether oxygens (including phenoxy) is 2. The summed E-state index contributed by atoms with van der Waals surface area (Å²) in [6.45, 7) is 3.51. The fourth-order valence-corrected chi connectivity index (χ4v) is 4.80. The van der Waals surface area contributed by atoms with Gasteiger partial charge in [0.15, 0.2) is 21.7 Å². The summed E-state index contributed by atoms with van der Waals surface area (Å²) in [4.78, 5) is 53.1. The molecule has 6 aromatic rings. The Labute approximate surface area is 196 Å². The first-order chi connectivity index (χ1) is 16.9. The highest BCUT2D eigenvalue weighted by molar-refractivity contribution is 6.10. The minimum atomic E-state index is -0.318. The van der Waals surface area contributed by atoms with E-state index in [2.05, 4.69) is 6.58 Å². The van der Waals surface area contributed by atoms with Crippen molar-refractivity contribution in [2.75, 3.05) is 7.11 Å². The van der Waals surface area contributed by atoms with Crippen molar-refractivity contribution in [1.82, 2.24) is 0 Å². The molecule has 0 aromatic heterocycles. The Bertz CT molecular complexity index is 2120. The van der Waals surface area contributed by atoms with E-state index in [4.69, 9.17) is 9.47 Å². The molecule has 0 saturated heterocycles. The average molecular weight is 460 g/mol. The number of hydrogen-bond acceptors (Lipinski definition) is 6. The molecule has 0 N–H and O–H groups in total. The van der Waals surface area contributed by atoms with E-state index in [1.165, 1.54) is 19.4 Å². The molecule has 0 aliphatic heterocycles. The van der Waals surface area contributed by atoms with E-state index in [1.54, 1.807) is 54.6 Å². The van der Waals surface area contributed by atoms with Gasteiger partial charge in [-0.15, -0.1) is 0 Å². The van der Waals surface area contributed by atoms with Crippen LogP contribution in [0.3, 0.4) is 0 Å². The normalized spacial score (nSPS) is 11.6. The van der Waals surface area contributed by atoms with Crippen LogP contribution in [0.15, 0.2) is 92.7 Å². The molecule has 6 rings (SSSR count). The lowest BCUT2D eigenvalue weighted by Gasteiger charge is -2.08. The van der Waals surface area contributed by atoms with Crippen LogP contribution in [0.2, 0.25) is 0 Å². The predicted molar refractivity (Wildman–Crippen MR) is 139 cm³/mol. The topological polar surface area (TPSA) is 86.7 Å². The number of benzene rings is 6. The van der Waals surface area contributed by atoms with E-state index in [-0.39, 0.29) is 59.4 Å². The summed E-state index contributed by atoms with van der Waals surface area (Å²) < 4.78 is 10.5. The van der Waals surface area contributed by atoms with E-state index in [0.717, 1.165) is 0 Å². The minimum absolute atomic E-state index is 0.238. The van der Waals surface area contributed by atoms with E-state index >= 15 is 0 Å². The zero-order chi connectivity index (χ0) is 24.4. The van der Waals surface area contributed by atoms with Gasteiger partial charge in [0.05, 0.1) is 13.4 Å². The zero-order valence-electron chi connectivity index (χ0n) is 18.5. The third kappa shape index (κ3) is 2.90. The Morgan fingerprint density at radius 3 is 1.34 bits per heavy atom. The molecule has 0 spiro atoms. The van der Waals surface area contributed by atoms with Crippen molar-refractivity contribution in [3.8, 4) is 11.5 Å². The van der Waals surface area contributed by atoms with E-state index in [1.807, 2.05) is 0 Å². The highest BCUT2D eigenvalue weighted by atomic mass is 16.5. The van der Waals surface area contributed by atoms with Crippen LogP contribution in [0, 0.1) is 0 Å². The third-order valence-electron chi connectivity index (χ3n) is 6.51. The van der Waals surface area contributed by atoms with Gasteiger partial charge in [-0.05, 0) is 71.4 Å². The first kappa shape index (κ1) is 20.7. The molecular formula is C29H16O6. The van der Waals surface area contributed by atoms with Crippen LogP contribution < -0.4 is 31.2 Å².